The number of carbonyl (C=O) groups is 5. The summed E-state index contributed by atoms with van der Waals surface area (Å²) < 4.78 is 43.6. The van der Waals surface area contributed by atoms with E-state index in [9.17, 15) is 32.4 Å². The highest BCUT2D eigenvalue weighted by Gasteiger charge is 2.24. The van der Waals surface area contributed by atoms with Crippen LogP contribution in [-0.2, 0) is 38.4 Å². The van der Waals surface area contributed by atoms with Crippen LogP contribution in [0.15, 0.2) is 48.2 Å². The topological polar surface area (TPSA) is 364 Å². The highest BCUT2D eigenvalue weighted by molar-refractivity contribution is 7.90. The maximum absolute atomic E-state index is 11.6. The number of carboxylic acid groups (broad SMARTS) is 1. The minimum atomic E-state index is -3.17. The van der Waals surface area contributed by atoms with Crippen molar-refractivity contribution < 1.29 is 61.6 Å². The number of ether oxygens (including phenoxy) is 4. The number of likely N-dealkylation sites (N-methyl/N-ethyl adjacent to an activating group) is 1. The van der Waals surface area contributed by atoms with Crippen LogP contribution in [0.2, 0.25) is 0 Å². The molecule has 458 valence electrons. The van der Waals surface area contributed by atoms with Gasteiger partial charge in [0.2, 0.25) is 0 Å². The number of amides is 2. The van der Waals surface area contributed by atoms with E-state index in [1.807, 2.05) is 6.92 Å². The second-order valence-corrected chi connectivity index (χ2v) is 21.5. The second-order valence-electron chi connectivity index (χ2n) is 19.3. The molecule has 0 bridgehead atoms. The fraction of sp³-hybridized carbons (Fsp3) is 0.667. The molecule has 3 atom stereocenters. The number of rotatable bonds is 23. The molecule has 0 radical (unpaired) electrons. The zero-order valence-corrected chi connectivity index (χ0v) is 52.0. The Hall–Kier alpha value is -4.95. The van der Waals surface area contributed by atoms with Crippen LogP contribution >= 0.6 is 36.4 Å². The smallest absolute Gasteiger partial charge is 0.408 e. The molecule has 0 saturated carbocycles. The number of nitrogens with zero attached hydrogens (tertiary/aromatic N) is 1. The molecule has 27 heteroatoms. The first-order valence-corrected chi connectivity index (χ1v) is 27.2. The van der Waals surface area contributed by atoms with Crippen LogP contribution in [0.25, 0.3) is 0 Å². The van der Waals surface area contributed by atoms with Crippen LogP contribution in [0.1, 0.15) is 111 Å². The Morgan fingerprint density at radius 3 is 1.45 bits per heavy atom. The van der Waals surface area contributed by atoms with Crippen molar-refractivity contribution in [3.05, 3.63) is 60.0 Å². The van der Waals surface area contributed by atoms with Crippen molar-refractivity contribution in [1.29, 1.82) is 0 Å². The SMILES string of the molecule is C=C(N)NCCC[C@H](N)C(=O)CCl.C=C(N)NCCC[C@H](NC(=O)OC(C)(C)C)C(=O)O.C=C(N)NCCC[C@H](NC(=O)OC(C)(C)C)C(C)=O.CCO.CN1CCOCC1.COc1cc(C)c(S(C)(=O)=O)c(C)c1C.Cl.Cl. The van der Waals surface area contributed by atoms with E-state index in [1.165, 1.54) is 13.2 Å². The molecule has 23 nitrogen and oxygen atoms in total. The van der Waals surface area contributed by atoms with Gasteiger partial charge in [-0.2, -0.15) is 0 Å². The van der Waals surface area contributed by atoms with Gasteiger partial charge in [0.1, 0.15) is 23.0 Å². The Morgan fingerprint density at radius 1 is 0.782 bits per heavy atom. The number of ketones is 2. The lowest BCUT2D eigenvalue weighted by atomic mass is 10.1. The summed E-state index contributed by atoms with van der Waals surface area (Å²) in [6.45, 7) is 35.5. The molecule has 1 heterocycles. The maximum Gasteiger partial charge on any atom is 0.408 e. The van der Waals surface area contributed by atoms with E-state index >= 15 is 0 Å². The number of alkyl carbamates (subject to hydrolysis) is 2. The third-order valence-electron chi connectivity index (χ3n) is 9.61. The van der Waals surface area contributed by atoms with Crippen LogP contribution in [0.5, 0.6) is 5.75 Å². The monoisotopic (exact) mass is 1200 g/mol. The first-order valence-electron chi connectivity index (χ1n) is 24.7. The summed E-state index contributed by atoms with van der Waals surface area (Å²) in [4.78, 5) is 59.1. The first-order chi connectivity index (χ1) is 34.9. The average Bonchev–Trinajstić information content (AvgIpc) is 3.27. The number of methoxy groups -OCH3 is 1. The maximum atomic E-state index is 11.6. The molecule has 1 aliphatic heterocycles. The Labute approximate surface area is 483 Å². The second kappa shape index (κ2) is 45.9. The Kier molecular flexibility index (Phi) is 49.6. The standard InChI is InChI=1S/C13H25N3O3.C12H23N3O4.C11H16O3S.C8H16ClN3O.C5H11NO.C2H6O.2ClH/c1-9(17)11(7-6-8-15-10(2)14)16-12(18)19-13(3,4)5;1-8(13)14-7-5-6-9(10(16)17)15-11(18)19-12(2,3)4;1-7-6-10(14-4)8(2)9(3)11(7)15(5,12)13;1-6(10)12-4-2-3-7(11)8(13)5-9;1-6-2-4-7-5-3-6;1-2-3;;/h11,15H,2,6-8,14H2,1,3-5H3,(H,16,18);9,14H,1,5-7,13H2,2-4H3,(H,15,18)(H,16,17);6H,1-5H3;7,12H,1-5,10-11H2;2-5H2,1H3;3H,2H2,1H3;2*1H/t11-;9-;;7-;;;;/m00.0..../s1. The number of aliphatic hydroxyl groups excluding tert-OH is 1. The third kappa shape index (κ3) is 49.4. The van der Waals surface area contributed by atoms with E-state index in [0.29, 0.717) is 67.7 Å². The van der Waals surface area contributed by atoms with Crippen LogP contribution < -0.4 is 54.3 Å². The normalized spacial score (nSPS) is 12.8. The summed E-state index contributed by atoms with van der Waals surface area (Å²) >= 11 is 5.33. The number of aliphatic hydroxyl groups is 1. The number of aliphatic carboxylic acids is 1. The van der Waals surface area contributed by atoms with Gasteiger partial charge in [-0.1, -0.05) is 19.7 Å². The number of aryl methyl sites for hydroxylation is 1. The number of carboxylic acids is 1. The van der Waals surface area contributed by atoms with E-state index in [1.54, 1.807) is 75.5 Å². The van der Waals surface area contributed by atoms with E-state index in [4.69, 9.17) is 63.7 Å². The van der Waals surface area contributed by atoms with Gasteiger partial charge in [0.25, 0.3) is 0 Å². The molecule has 1 saturated heterocycles. The minimum Gasteiger partial charge on any atom is -0.496 e. The summed E-state index contributed by atoms with van der Waals surface area (Å²) in [6, 6.07) is -0.214. The quantitative estimate of drug-likeness (QED) is 0.0519. The molecule has 1 aliphatic rings. The minimum absolute atomic E-state index is 0. The summed E-state index contributed by atoms with van der Waals surface area (Å²) in [5, 5.41) is 29.9. The molecule has 2 amide bonds. The van der Waals surface area contributed by atoms with Gasteiger partial charge in [-0.15, -0.1) is 36.4 Å². The lowest BCUT2D eigenvalue weighted by Gasteiger charge is -2.22. The number of Topliss-reactive ketones (excluding diaryl/α,β-unsaturated/α-hetero) is 2. The van der Waals surface area contributed by atoms with Gasteiger partial charge in [-0.25, -0.2) is 22.8 Å². The van der Waals surface area contributed by atoms with Crippen molar-refractivity contribution in [1.82, 2.24) is 31.5 Å². The number of hydrogen-bond donors (Lipinski definition) is 11. The molecule has 0 aliphatic carbocycles. The lowest BCUT2D eigenvalue weighted by Crippen LogP contribution is -2.43. The van der Waals surface area contributed by atoms with Crippen LogP contribution in [0, 0.1) is 20.8 Å². The van der Waals surface area contributed by atoms with E-state index in [2.05, 4.69) is 58.3 Å². The molecular formula is C51H99Cl3N10O13S. The average molecular weight is 1200 g/mol. The molecule has 78 heavy (non-hydrogen) atoms. The van der Waals surface area contributed by atoms with Gasteiger partial charge < -0.3 is 83.6 Å². The molecule has 1 fully saturated rings. The van der Waals surface area contributed by atoms with Gasteiger partial charge in [-0.05, 0) is 144 Å². The fourth-order valence-electron chi connectivity index (χ4n) is 5.93. The van der Waals surface area contributed by atoms with Crippen LogP contribution in [0.4, 0.5) is 9.59 Å². The molecule has 2 rings (SSSR count). The van der Waals surface area contributed by atoms with Gasteiger partial charge in [-0.3, -0.25) is 9.59 Å². The molecule has 0 spiro atoms. The van der Waals surface area contributed by atoms with Crippen molar-refractivity contribution in [2.24, 2.45) is 22.9 Å². The van der Waals surface area contributed by atoms with E-state index < -0.39 is 57.3 Å². The lowest BCUT2D eigenvalue weighted by molar-refractivity contribution is -0.139. The van der Waals surface area contributed by atoms with Crippen molar-refractivity contribution in [3.8, 4) is 5.75 Å². The predicted molar refractivity (Wildman–Crippen MR) is 316 cm³/mol. The van der Waals surface area contributed by atoms with Gasteiger partial charge >= 0.3 is 18.2 Å². The third-order valence-corrected chi connectivity index (χ3v) is 11.2. The van der Waals surface area contributed by atoms with Crippen molar-refractivity contribution >= 4 is 76.0 Å². The highest BCUT2D eigenvalue weighted by Crippen LogP contribution is 2.30. The highest BCUT2D eigenvalue weighted by atomic mass is 35.5. The number of morpholine rings is 1. The molecule has 1 aromatic rings. The summed E-state index contributed by atoms with van der Waals surface area (Å²) in [5.41, 5.74) is 22.6. The Balaban J connectivity index is -0.000000208. The van der Waals surface area contributed by atoms with Crippen molar-refractivity contribution in [2.45, 2.75) is 149 Å². The van der Waals surface area contributed by atoms with Crippen LogP contribution in [-0.4, -0.2) is 161 Å². The predicted octanol–water partition coefficient (Wildman–Crippen LogP) is 4.77. The molecule has 15 N–H and O–H groups in total. The van der Waals surface area contributed by atoms with E-state index in [0.717, 1.165) is 55.2 Å². The number of carbonyl (C=O) groups excluding carboxylic acids is 4. The first kappa shape index (κ1) is 84.4. The fourth-order valence-corrected chi connectivity index (χ4v) is 7.49. The molecule has 1 aromatic carbocycles. The number of alkyl halides is 1. The molecule has 0 aromatic heterocycles. The number of sulfone groups is 1. The van der Waals surface area contributed by atoms with Gasteiger partial charge in [0, 0.05) is 45.6 Å². The summed E-state index contributed by atoms with van der Waals surface area (Å²) in [7, 11) is 0.531. The molecular weight excluding hydrogens is 1100 g/mol. The summed E-state index contributed by atoms with van der Waals surface area (Å²) in [5.74, 6) is 0.544. The largest absolute Gasteiger partial charge is 0.496 e. The van der Waals surface area contributed by atoms with Gasteiger partial charge in [0.05, 0.1) is 60.6 Å². The van der Waals surface area contributed by atoms with E-state index in [-0.39, 0.29) is 55.3 Å². The van der Waals surface area contributed by atoms with Gasteiger partial charge in [0.15, 0.2) is 21.4 Å². The number of nitrogens with two attached hydrogens (primary N) is 4. The van der Waals surface area contributed by atoms with Crippen molar-refractivity contribution in [3.63, 3.8) is 0 Å². The zero-order chi connectivity index (χ0) is 60.0. The number of nitrogens with one attached hydrogen (secondary N) is 5. The Bertz CT molecular complexity index is 1970. The number of halogens is 3. The number of benzene rings is 1. The molecule has 0 unspecified atom stereocenters. The van der Waals surface area contributed by atoms with Crippen molar-refractivity contribution in [2.75, 3.05) is 78.8 Å². The zero-order valence-electron chi connectivity index (χ0n) is 48.8. The Morgan fingerprint density at radius 2 is 1.15 bits per heavy atom. The number of hydrogen-bond acceptors (Lipinski definition) is 20. The van der Waals surface area contributed by atoms with Crippen LogP contribution in [0.3, 0.4) is 0 Å². The summed E-state index contributed by atoms with van der Waals surface area (Å²) in [6.07, 6.45) is 3.32.